The Balaban J connectivity index is 2.36. The molecule has 1 aliphatic rings. The zero-order chi connectivity index (χ0) is 15.8. The standard InChI is InChI=1S/C13H26N4O3S/c1-11(16(3)9-12-6-8-20-10-12)5-7-15(2)13(21-4)14-17(18)19/h11-12H,5-10H2,1-4H3. The average molecular weight is 318 g/mol. The van der Waals surface area contributed by atoms with Gasteiger partial charge in [0.25, 0.3) is 0 Å². The van der Waals surface area contributed by atoms with Crippen molar-refractivity contribution in [3.8, 4) is 0 Å². The van der Waals surface area contributed by atoms with E-state index in [9.17, 15) is 10.1 Å². The van der Waals surface area contributed by atoms with Crippen LogP contribution in [0.15, 0.2) is 5.10 Å². The number of hydrazone groups is 1. The van der Waals surface area contributed by atoms with Crippen molar-refractivity contribution in [3.63, 3.8) is 0 Å². The lowest BCUT2D eigenvalue weighted by Crippen LogP contribution is -2.37. The van der Waals surface area contributed by atoms with Crippen molar-refractivity contribution in [2.45, 2.75) is 25.8 Å². The van der Waals surface area contributed by atoms with Crippen LogP contribution >= 0.6 is 11.8 Å². The molecular formula is C13H26N4O3S. The summed E-state index contributed by atoms with van der Waals surface area (Å²) >= 11 is 1.30. The summed E-state index contributed by atoms with van der Waals surface area (Å²) in [6.45, 7) is 5.73. The molecule has 1 heterocycles. The molecule has 0 aromatic rings. The number of nitro groups is 1. The average Bonchev–Trinajstić information content (AvgIpc) is 2.94. The van der Waals surface area contributed by atoms with Crippen molar-refractivity contribution in [2.24, 2.45) is 11.0 Å². The highest BCUT2D eigenvalue weighted by molar-refractivity contribution is 8.13. The zero-order valence-electron chi connectivity index (χ0n) is 13.3. The van der Waals surface area contributed by atoms with Crippen molar-refractivity contribution in [1.82, 2.24) is 9.80 Å². The molecule has 1 fully saturated rings. The van der Waals surface area contributed by atoms with Gasteiger partial charge in [0.1, 0.15) is 0 Å². The highest BCUT2D eigenvalue weighted by Crippen LogP contribution is 2.15. The first-order valence-electron chi connectivity index (χ1n) is 7.20. The van der Waals surface area contributed by atoms with E-state index in [1.165, 1.54) is 11.8 Å². The van der Waals surface area contributed by atoms with E-state index in [0.717, 1.165) is 39.1 Å². The number of rotatable bonds is 7. The highest BCUT2D eigenvalue weighted by atomic mass is 32.2. The Labute approximate surface area is 130 Å². The number of hydrogen-bond donors (Lipinski definition) is 0. The van der Waals surface area contributed by atoms with Gasteiger partial charge in [-0.2, -0.15) is 0 Å². The van der Waals surface area contributed by atoms with E-state index >= 15 is 0 Å². The second kappa shape index (κ2) is 9.22. The molecular weight excluding hydrogens is 292 g/mol. The third kappa shape index (κ3) is 6.62. The van der Waals surface area contributed by atoms with Crippen LogP contribution in [0.25, 0.3) is 0 Å². The third-order valence-corrected chi connectivity index (χ3v) is 4.64. The van der Waals surface area contributed by atoms with Crippen LogP contribution < -0.4 is 0 Å². The molecule has 1 aliphatic heterocycles. The Bertz CT molecular complexity index is 361. The fraction of sp³-hybridized carbons (Fsp3) is 0.923. The Morgan fingerprint density at radius 3 is 2.81 bits per heavy atom. The fourth-order valence-corrected chi connectivity index (χ4v) is 2.91. The Morgan fingerprint density at radius 2 is 2.29 bits per heavy atom. The molecule has 0 aliphatic carbocycles. The lowest BCUT2D eigenvalue weighted by molar-refractivity contribution is -0.485. The first-order chi connectivity index (χ1) is 9.93. The van der Waals surface area contributed by atoms with Gasteiger partial charge in [-0.1, -0.05) is 11.8 Å². The minimum absolute atomic E-state index is 0.423. The molecule has 2 unspecified atom stereocenters. The minimum Gasteiger partial charge on any atom is -0.381 e. The quantitative estimate of drug-likeness (QED) is 0.307. The minimum atomic E-state index is -0.641. The van der Waals surface area contributed by atoms with Gasteiger partial charge < -0.3 is 14.5 Å². The van der Waals surface area contributed by atoms with Gasteiger partial charge in [0.2, 0.25) is 5.17 Å². The van der Waals surface area contributed by atoms with Gasteiger partial charge >= 0.3 is 0 Å². The topological polar surface area (TPSA) is 71.2 Å². The predicted molar refractivity (Wildman–Crippen MR) is 86.2 cm³/mol. The van der Waals surface area contributed by atoms with E-state index < -0.39 is 5.03 Å². The second-order valence-corrected chi connectivity index (χ2v) is 6.33. The van der Waals surface area contributed by atoms with E-state index in [4.69, 9.17) is 4.74 Å². The van der Waals surface area contributed by atoms with E-state index in [2.05, 4.69) is 24.0 Å². The molecule has 0 aromatic heterocycles. The summed E-state index contributed by atoms with van der Waals surface area (Å²) in [4.78, 5) is 14.7. The van der Waals surface area contributed by atoms with Crippen LogP contribution in [0, 0.1) is 16.0 Å². The van der Waals surface area contributed by atoms with Crippen LogP contribution in [-0.2, 0) is 4.74 Å². The second-order valence-electron chi connectivity index (χ2n) is 5.55. The SMILES string of the molecule is CSC(=N[N+](=O)[O-])N(C)CCC(C)N(C)CC1CCOC1. The van der Waals surface area contributed by atoms with E-state index in [0.29, 0.717) is 17.1 Å². The van der Waals surface area contributed by atoms with Crippen LogP contribution in [0.3, 0.4) is 0 Å². The maximum Gasteiger partial charge on any atom is 0.237 e. The Morgan fingerprint density at radius 1 is 1.57 bits per heavy atom. The zero-order valence-corrected chi connectivity index (χ0v) is 14.1. The van der Waals surface area contributed by atoms with Crippen molar-refractivity contribution >= 4 is 16.9 Å². The summed E-state index contributed by atoms with van der Waals surface area (Å²) in [5.74, 6) is 0.632. The van der Waals surface area contributed by atoms with Crippen LogP contribution in [-0.4, -0.2) is 72.7 Å². The molecule has 1 rings (SSSR count). The number of thioether (sulfide) groups is 1. The predicted octanol–water partition coefficient (Wildman–Crippen LogP) is 1.58. The Kier molecular flexibility index (Phi) is 7.98. The summed E-state index contributed by atoms with van der Waals surface area (Å²) < 4.78 is 5.40. The molecule has 21 heavy (non-hydrogen) atoms. The number of amidine groups is 1. The number of hydrogen-bond acceptors (Lipinski definition) is 5. The van der Waals surface area contributed by atoms with Crippen molar-refractivity contribution < 1.29 is 9.77 Å². The van der Waals surface area contributed by atoms with Gasteiger partial charge in [0.15, 0.2) is 5.03 Å². The molecule has 0 spiro atoms. The smallest absolute Gasteiger partial charge is 0.237 e. The van der Waals surface area contributed by atoms with E-state index in [1.807, 2.05) is 11.9 Å². The van der Waals surface area contributed by atoms with E-state index in [1.54, 1.807) is 6.26 Å². The largest absolute Gasteiger partial charge is 0.381 e. The van der Waals surface area contributed by atoms with Crippen LogP contribution in [0.1, 0.15) is 19.8 Å². The molecule has 0 radical (unpaired) electrons. The summed E-state index contributed by atoms with van der Waals surface area (Å²) in [5.41, 5.74) is 0. The van der Waals surface area contributed by atoms with Gasteiger partial charge in [-0.25, -0.2) is 10.1 Å². The fourth-order valence-electron chi connectivity index (χ4n) is 2.35. The highest BCUT2D eigenvalue weighted by Gasteiger charge is 2.20. The first kappa shape index (κ1) is 18.2. The molecule has 1 saturated heterocycles. The lowest BCUT2D eigenvalue weighted by atomic mass is 10.1. The van der Waals surface area contributed by atoms with Crippen LogP contribution in [0.2, 0.25) is 0 Å². The van der Waals surface area contributed by atoms with Crippen molar-refractivity contribution in [1.29, 1.82) is 0 Å². The molecule has 0 amide bonds. The number of ether oxygens (including phenoxy) is 1. The van der Waals surface area contributed by atoms with Crippen LogP contribution in [0.4, 0.5) is 0 Å². The summed E-state index contributed by atoms with van der Waals surface area (Å²) in [7, 11) is 3.97. The van der Waals surface area contributed by atoms with Gasteiger partial charge in [-0.05, 0) is 39.0 Å². The normalized spacial score (nSPS) is 20.8. The maximum atomic E-state index is 10.5. The monoisotopic (exact) mass is 318 g/mol. The van der Waals surface area contributed by atoms with Crippen molar-refractivity contribution in [3.05, 3.63) is 10.1 Å². The van der Waals surface area contributed by atoms with Crippen molar-refractivity contribution in [2.75, 3.05) is 46.7 Å². The molecule has 122 valence electrons. The first-order valence-corrected chi connectivity index (χ1v) is 8.42. The summed E-state index contributed by atoms with van der Waals surface area (Å²) in [5, 5.41) is 13.7. The third-order valence-electron chi connectivity index (χ3n) is 3.88. The van der Waals surface area contributed by atoms with Crippen LogP contribution in [0.5, 0.6) is 0 Å². The van der Waals surface area contributed by atoms with Gasteiger partial charge in [-0.3, -0.25) is 0 Å². The number of nitrogens with zero attached hydrogens (tertiary/aromatic N) is 4. The molecule has 2 atom stereocenters. The van der Waals surface area contributed by atoms with Gasteiger partial charge in [0, 0.05) is 32.8 Å². The summed E-state index contributed by atoms with van der Waals surface area (Å²) in [6, 6.07) is 0.423. The Hall–Kier alpha value is -0.860. The van der Waals surface area contributed by atoms with Gasteiger partial charge in [-0.15, -0.1) is 0 Å². The molecule has 0 saturated carbocycles. The molecule has 0 bridgehead atoms. The molecule has 8 heteroatoms. The summed E-state index contributed by atoms with van der Waals surface area (Å²) in [6.07, 6.45) is 3.88. The van der Waals surface area contributed by atoms with E-state index in [-0.39, 0.29) is 0 Å². The lowest BCUT2D eigenvalue weighted by Gasteiger charge is -2.28. The molecule has 0 N–H and O–H groups in total. The van der Waals surface area contributed by atoms with Gasteiger partial charge in [0.05, 0.1) is 11.7 Å². The molecule has 7 nitrogen and oxygen atoms in total. The maximum absolute atomic E-state index is 10.5. The molecule has 0 aromatic carbocycles.